The van der Waals surface area contributed by atoms with Gasteiger partial charge in [0.2, 0.25) is 0 Å². The van der Waals surface area contributed by atoms with Gasteiger partial charge in [-0.05, 0) is 139 Å². The summed E-state index contributed by atoms with van der Waals surface area (Å²) >= 11 is 1.94. The van der Waals surface area contributed by atoms with Crippen LogP contribution in [0.5, 0.6) is 0 Å². The first-order valence-corrected chi connectivity index (χ1v) is 28.1. The summed E-state index contributed by atoms with van der Waals surface area (Å²) in [5.74, 6) is 0. The molecule has 2 aromatic heterocycles. The molecule has 370 valence electrons. The van der Waals surface area contributed by atoms with Crippen LogP contribution in [-0.4, -0.2) is 11.3 Å². The zero-order chi connectivity index (χ0) is 52.1. The van der Waals surface area contributed by atoms with Gasteiger partial charge in [0.15, 0.2) is 0 Å². The molecule has 3 nitrogen and oxygen atoms in total. The van der Waals surface area contributed by atoms with Crippen molar-refractivity contribution in [2.24, 2.45) is 0 Å². The Hall–Kier alpha value is -8.38. The second-order valence-corrected chi connectivity index (χ2v) is 24.8. The summed E-state index contributed by atoms with van der Waals surface area (Å²) in [4.78, 5) is 5.14. The Labute approximate surface area is 456 Å². The average Bonchev–Trinajstić information content (AvgIpc) is 4.24. The molecule has 0 saturated heterocycles. The summed E-state index contributed by atoms with van der Waals surface area (Å²) in [6.45, 7) is 16.7. The zero-order valence-electron chi connectivity index (χ0n) is 44.7. The highest BCUT2D eigenvalue weighted by molar-refractivity contribution is 7.27. The third-order valence-corrected chi connectivity index (χ3v) is 18.7. The Morgan fingerprint density at radius 3 is 1.66 bits per heavy atom. The van der Waals surface area contributed by atoms with Gasteiger partial charge in [-0.2, -0.15) is 0 Å². The highest BCUT2D eigenvalue weighted by atomic mass is 32.1. The Kier molecular flexibility index (Phi) is 9.89. The lowest BCUT2D eigenvalue weighted by atomic mass is 9.44. The maximum atomic E-state index is 2.80. The van der Waals surface area contributed by atoms with Crippen molar-refractivity contribution in [3.05, 3.63) is 252 Å². The third-order valence-electron chi connectivity index (χ3n) is 17.5. The van der Waals surface area contributed by atoms with Crippen molar-refractivity contribution >= 4 is 94.4 Å². The third kappa shape index (κ3) is 6.69. The molecule has 3 aliphatic rings. The highest BCUT2D eigenvalue weighted by Gasteiger charge is 2.48. The van der Waals surface area contributed by atoms with E-state index in [0.29, 0.717) is 0 Å². The van der Waals surface area contributed by atoms with Gasteiger partial charge in [0, 0.05) is 71.4 Å². The molecule has 12 aromatic rings. The molecule has 10 aromatic carbocycles. The van der Waals surface area contributed by atoms with E-state index in [-0.39, 0.29) is 23.1 Å². The fraction of sp³-hybridized carbons (Fsp3) is 0.139. The molecule has 0 saturated carbocycles. The van der Waals surface area contributed by atoms with E-state index < -0.39 is 0 Å². The maximum Gasteiger partial charge on any atom is 0.333 e. The summed E-state index contributed by atoms with van der Waals surface area (Å²) in [5.41, 5.74) is 25.9. The van der Waals surface area contributed by atoms with Gasteiger partial charge < -0.3 is 14.3 Å². The number of nitrogens with zero attached hydrogens (tertiary/aromatic N) is 3. The van der Waals surface area contributed by atoms with Crippen molar-refractivity contribution < 1.29 is 0 Å². The summed E-state index contributed by atoms with van der Waals surface area (Å²) in [6, 6.07) is 85.0. The molecule has 0 N–H and O–H groups in total. The second kappa shape index (κ2) is 16.6. The largest absolute Gasteiger partial charge is 0.374 e. The summed E-state index contributed by atoms with van der Waals surface area (Å²) < 4.78 is 5.42. The van der Waals surface area contributed by atoms with Gasteiger partial charge in [-0.3, -0.25) is 0 Å². The van der Waals surface area contributed by atoms with E-state index in [4.69, 9.17) is 0 Å². The Balaban J connectivity index is 1.14. The predicted molar refractivity (Wildman–Crippen MR) is 330 cm³/mol. The van der Waals surface area contributed by atoms with Crippen LogP contribution in [0.2, 0.25) is 0 Å². The number of hydrogen-bond donors (Lipinski definition) is 0. The Morgan fingerprint density at radius 1 is 0.429 bits per heavy atom. The van der Waals surface area contributed by atoms with Gasteiger partial charge in [0.1, 0.15) is 0 Å². The molecule has 2 aliphatic heterocycles. The fourth-order valence-corrected chi connectivity index (χ4v) is 14.9. The van der Waals surface area contributed by atoms with Crippen molar-refractivity contribution in [2.75, 3.05) is 9.80 Å². The highest BCUT2D eigenvalue weighted by Crippen LogP contribution is 2.56. The van der Waals surface area contributed by atoms with Gasteiger partial charge in [-0.15, -0.1) is 11.3 Å². The molecule has 0 atom stereocenters. The number of hydrogen-bond acceptors (Lipinski definition) is 3. The number of rotatable bonds is 6. The molecule has 5 heteroatoms. The molecular formula is C72H58BN3S. The predicted octanol–water partition coefficient (Wildman–Crippen LogP) is 18.5. The van der Waals surface area contributed by atoms with Crippen molar-refractivity contribution in [3.8, 4) is 33.4 Å². The number of benzene rings is 10. The molecule has 0 fully saturated rings. The minimum Gasteiger partial charge on any atom is -0.374 e. The summed E-state index contributed by atoms with van der Waals surface area (Å²) in [5, 5.41) is 2.58. The monoisotopic (exact) mass is 1010 g/mol. The molecule has 77 heavy (non-hydrogen) atoms. The van der Waals surface area contributed by atoms with Crippen molar-refractivity contribution in [3.63, 3.8) is 0 Å². The number of anilines is 6. The van der Waals surface area contributed by atoms with Gasteiger partial charge >= 0.3 is 6.85 Å². The van der Waals surface area contributed by atoms with E-state index in [1.165, 1.54) is 120 Å². The lowest BCUT2D eigenvalue weighted by molar-refractivity contribution is 0.521. The second-order valence-electron chi connectivity index (χ2n) is 23.7. The number of thiophene rings is 1. The molecule has 4 heterocycles. The van der Waals surface area contributed by atoms with Crippen LogP contribution in [0.3, 0.4) is 0 Å². The Morgan fingerprint density at radius 2 is 1.01 bits per heavy atom. The summed E-state index contributed by atoms with van der Waals surface area (Å²) in [7, 11) is 0. The van der Waals surface area contributed by atoms with Crippen molar-refractivity contribution in [1.82, 2.24) is 4.48 Å². The smallest absolute Gasteiger partial charge is 0.333 e. The van der Waals surface area contributed by atoms with Gasteiger partial charge in [-0.1, -0.05) is 200 Å². The van der Waals surface area contributed by atoms with E-state index in [1.54, 1.807) is 0 Å². The lowest BCUT2D eigenvalue weighted by Gasteiger charge is -2.47. The SMILES string of the molecule is CC(C)(C)c1ccc(N2c3cc4c(cc3B3c5c(cc(-c6ccccc6)cc52)-c2cc(N(c5ccccc5)c5ccccc5)cc5c6sc7ccccc7c6n3c25)C(C)(C)c2ccccc2C4(C)C)c(-c2ccccc2)c1. The minimum atomic E-state index is -0.270. The standard InChI is InChI=1S/C72H58BN3S/c1-70(2,3)48-36-37-62(53(40-48)46-26-14-9-15-27-46)75-63-44-60-59(71(4,5)57-33-21-22-34-58(57)72(60,6)7)43-61(63)73-66-54(38-47(39-64(66)75)45-24-12-8-13-25-45)55-41-51(74(49-28-16-10-17-29-49)50-30-18-11-19-31-50)42-56-67(55)76(73)68-52-32-20-23-35-65(52)77-69(56)68/h8-44H,1-7H3. The maximum absolute atomic E-state index is 2.80. The van der Waals surface area contributed by atoms with E-state index in [1.807, 2.05) is 11.3 Å². The van der Waals surface area contributed by atoms with Crippen LogP contribution in [0, 0.1) is 0 Å². The van der Waals surface area contributed by atoms with E-state index in [9.17, 15) is 0 Å². The number of para-hydroxylation sites is 2. The quantitative estimate of drug-likeness (QED) is 0.154. The van der Waals surface area contributed by atoms with Gasteiger partial charge in [0.05, 0.1) is 15.9 Å². The van der Waals surface area contributed by atoms with Gasteiger partial charge in [0.25, 0.3) is 0 Å². The van der Waals surface area contributed by atoms with Crippen LogP contribution < -0.4 is 20.7 Å². The minimum absolute atomic E-state index is 0.0648. The topological polar surface area (TPSA) is 11.4 Å². The molecular weight excluding hydrogens is 950 g/mol. The first-order valence-electron chi connectivity index (χ1n) is 27.3. The average molecular weight is 1010 g/mol. The van der Waals surface area contributed by atoms with Crippen LogP contribution in [-0.2, 0) is 16.2 Å². The first kappa shape index (κ1) is 46.0. The molecule has 0 bridgehead atoms. The Bertz CT molecular complexity index is 4330. The molecule has 0 spiro atoms. The number of fused-ring (bicyclic) bond motifs is 11. The van der Waals surface area contributed by atoms with Crippen LogP contribution >= 0.6 is 11.3 Å². The lowest BCUT2D eigenvalue weighted by Crippen LogP contribution is -2.57. The molecule has 0 unspecified atom stereocenters. The molecule has 1 aliphatic carbocycles. The van der Waals surface area contributed by atoms with E-state index >= 15 is 0 Å². The van der Waals surface area contributed by atoms with Crippen LogP contribution in [0.25, 0.3) is 64.6 Å². The van der Waals surface area contributed by atoms with E-state index in [2.05, 4.69) is 287 Å². The number of aromatic nitrogens is 1. The molecule has 0 radical (unpaired) electrons. The van der Waals surface area contributed by atoms with Gasteiger partial charge in [-0.25, -0.2) is 0 Å². The molecule has 0 amide bonds. The zero-order valence-corrected chi connectivity index (χ0v) is 45.5. The van der Waals surface area contributed by atoms with Crippen LogP contribution in [0.4, 0.5) is 34.1 Å². The summed E-state index contributed by atoms with van der Waals surface area (Å²) in [6.07, 6.45) is 0. The van der Waals surface area contributed by atoms with E-state index in [0.717, 1.165) is 17.1 Å². The normalized spacial score (nSPS) is 14.6. The molecule has 15 rings (SSSR count). The van der Waals surface area contributed by atoms with Crippen LogP contribution in [0.15, 0.2) is 224 Å². The van der Waals surface area contributed by atoms with Crippen LogP contribution in [0.1, 0.15) is 76.3 Å². The van der Waals surface area contributed by atoms with Crippen molar-refractivity contribution in [1.29, 1.82) is 0 Å². The van der Waals surface area contributed by atoms with Crippen molar-refractivity contribution in [2.45, 2.75) is 64.7 Å². The first-order chi connectivity index (χ1) is 37.4. The fourth-order valence-electron chi connectivity index (χ4n) is 13.7.